The lowest BCUT2D eigenvalue weighted by Gasteiger charge is -2.19. The van der Waals surface area contributed by atoms with Crippen molar-refractivity contribution in [3.8, 4) is 45.8 Å². The number of aromatic nitrogens is 2. The monoisotopic (exact) mass is 635 g/mol. The molecule has 0 bridgehead atoms. The van der Waals surface area contributed by atoms with Crippen molar-refractivity contribution in [2.75, 3.05) is 0 Å². The SMILES string of the molecule is [C-]#[N+]c1cc(C#N)c(-c2ccccc2-c2cccc(-n3c4ccccc4c4ccccc43)c2)c(-n2c3ccccc3c3cc(C#N)ccc32)c1. The second kappa shape index (κ2) is 11.4. The minimum Gasteiger partial charge on any atom is -0.310 e. The highest BCUT2D eigenvalue weighted by Gasteiger charge is 2.22. The van der Waals surface area contributed by atoms with Crippen LogP contribution in [-0.2, 0) is 0 Å². The fraction of sp³-hybridized carbons (Fsp3) is 0. The molecule has 7 aromatic carbocycles. The fourth-order valence-electron chi connectivity index (χ4n) is 7.49. The Bertz CT molecular complexity index is 2920. The van der Waals surface area contributed by atoms with Crippen molar-refractivity contribution in [3.05, 3.63) is 174 Å². The van der Waals surface area contributed by atoms with Gasteiger partial charge in [0.2, 0.25) is 0 Å². The summed E-state index contributed by atoms with van der Waals surface area (Å²) >= 11 is 0. The van der Waals surface area contributed by atoms with Crippen molar-refractivity contribution < 1.29 is 0 Å². The molecule has 0 saturated carbocycles. The van der Waals surface area contributed by atoms with Crippen LogP contribution >= 0.6 is 0 Å². The Morgan fingerprint density at radius 1 is 0.500 bits per heavy atom. The van der Waals surface area contributed by atoms with E-state index in [1.165, 1.54) is 10.8 Å². The molecule has 0 fully saturated rings. The predicted molar refractivity (Wildman–Crippen MR) is 202 cm³/mol. The topological polar surface area (TPSA) is 61.8 Å². The summed E-state index contributed by atoms with van der Waals surface area (Å²) in [6, 6.07) is 55.7. The maximum atomic E-state index is 10.6. The summed E-state index contributed by atoms with van der Waals surface area (Å²) in [5.74, 6) is 0. The molecule has 0 unspecified atom stereocenters. The van der Waals surface area contributed by atoms with Crippen LogP contribution in [0.4, 0.5) is 5.69 Å². The highest BCUT2D eigenvalue weighted by molar-refractivity contribution is 6.11. The van der Waals surface area contributed by atoms with Crippen LogP contribution in [0.15, 0.2) is 152 Å². The first-order valence-corrected chi connectivity index (χ1v) is 16.3. The molecule has 0 aliphatic heterocycles. The largest absolute Gasteiger partial charge is 0.310 e. The van der Waals surface area contributed by atoms with E-state index < -0.39 is 0 Å². The minimum atomic E-state index is 0.380. The molecular formula is C45H25N5. The average Bonchev–Trinajstić information content (AvgIpc) is 3.70. The van der Waals surface area contributed by atoms with E-state index in [2.05, 4.69) is 111 Å². The molecule has 0 N–H and O–H groups in total. The molecule has 5 nitrogen and oxygen atoms in total. The number of hydrogen-bond acceptors (Lipinski definition) is 2. The van der Waals surface area contributed by atoms with Crippen molar-refractivity contribution in [2.45, 2.75) is 0 Å². The van der Waals surface area contributed by atoms with Gasteiger partial charge < -0.3 is 9.13 Å². The second-order valence-electron chi connectivity index (χ2n) is 12.3. The number of rotatable bonds is 4. The van der Waals surface area contributed by atoms with Crippen LogP contribution in [0.1, 0.15) is 11.1 Å². The molecule has 0 atom stereocenters. The quantitative estimate of drug-likeness (QED) is 0.181. The summed E-state index contributed by atoms with van der Waals surface area (Å²) in [7, 11) is 0. The van der Waals surface area contributed by atoms with Crippen molar-refractivity contribution >= 4 is 49.3 Å². The zero-order valence-electron chi connectivity index (χ0n) is 26.7. The zero-order chi connectivity index (χ0) is 33.8. The Kier molecular flexibility index (Phi) is 6.56. The first kappa shape index (κ1) is 28.8. The van der Waals surface area contributed by atoms with Crippen LogP contribution in [0.3, 0.4) is 0 Å². The highest BCUT2D eigenvalue weighted by atomic mass is 15.0. The number of hydrogen-bond donors (Lipinski definition) is 0. The van der Waals surface area contributed by atoms with Gasteiger partial charge in [-0.05, 0) is 77.4 Å². The molecule has 0 radical (unpaired) electrons. The summed E-state index contributed by atoms with van der Waals surface area (Å²) in [4.78, 5) is 3.78. The van der Waals surface area contributed by atoms with E-state index in [-0.39, 0.29) is 0 Å². The summed E-state index contributed by atoms with van der Waals surface area (Å²) in [6.07, 6.45) is 0. The molecular weight excluding hydrogens is 611 g/mol. The first-order valence-electron chi connectivity index (χ1n) is 16.3. The molecule has 2 heterocycles. The standard InChI is InChI=1S/C45H25N5/c1-48-32-24-31(28-47)45(44(26-32)50-42-20-9-6-16-37(42)39-23-29(27-46)21-22-43(39)50)38-17-3-2-13-34(38)30-11-10-12-33(25-30)49-40-18-7-4-14-35(40)36-15-5-8-19-41(36)49/h2-26H. The number of fused-ring (bicyclic) bond motifs is 6. The minimum absolute atomic E-state index is 0.380. The van der Waals surface area contributed by atoms with Gasteiger partial charge in [0.05, 0.1) is 51.9 Å². The van der Waals surface area contributed by atoms with Gasteiger partial charge in [0.25, 0.3) is 0 Å². The Morgan fingerprint density at radius 3 is 1.76 bits per heavy atom. The number of nitriles is 2. The highest BCUT2D eigenvalue weighted by Crippen LogP contribution is 2.43. The van der Waals surface area contributed by atoms with E-state index >= 15 is 0 Å². The molecule has 0 saturated heterocycles. The third-order valence-electron chi connectivity index (χ3n) is 9.59. The average molecular weight is 636 g/mol. The number of para-hydroxylation sites is 3. The lowest BCUT2D eigenvalue weighted by atomic mass is 9.90. The second-order valence-corrected chi connectivity index (χ2v) is 12.3. The van der Waals surface area contributed by atoms with Gasteiger partial charge in [-0.15, -0.1) is 0 Å². The zero-order valence-corrected chi connectivity index (χ0v) is 26.7. The van der Waals surface area contributed by atoms with Crippen LogP contribution in [0.5, 0.6) is 0 Å². The Labute approximate surface area is 288 Å². The van der Waals surface area contributed by atoms with E-state index in [1.54, 1.807) is 6.07 Å². The van der Waals surface area contributed by atoms with Crippen molar-refractivity contribution in [2.24, 2.45) is 0 Å². The van der Waals surface area contributed by atoms with Crippen LogP contribution in [0, 0.1) is 29.2 Å². The van der Waals surface area contributed by atoms with E-state index in [9.17, 15) is 10.5 Å². The van der Waals surface area contributed by atoms with Gasteiger partial charge in [0.15, 0.2) is 5.69 Å². The fourth-order valence-corrected chi connectivity index (χ4v) is 7.49. The van der Waals surface area contributed by atoms with Crippen molar-refractivity contribution in [1.29, 1.82) is 10.5 Å². The molecule has 0 spiro atoms. The van der Waals surface area contributed by atoms with Gasteiger partial charge in [-0.2, -0.15) is 10.5 Å². The van der Waals surface area contributed by atoms with Crippen LogP contribution in [-0.4, -0.2) is 9.13 Å². The van der Waals surface area contributed by atoms with E-state index in [1.807, 2.05) is 60.7 Å². The molecule has 230 valence electrons. The van der Waals surface area contributed by atoms with Gasteiger partial charge in [0, 0.05) is 38.5 Å². The van der Waals surface area contributed by atoms with E-state index in [0.29, 0.717) is 16.8 Å². The van der Waals surface area contributed by atoms with Crippen LogP contribution < -0.4 is 0 Å². The van der Waals surface area contributed by atoms with Crippen LogP contribution in [0.2, 0.25) is 0 Å². The normalized spacial score (nSPS) is 11.1. The van der Waals surface area contributed by atoms with Crippen LogP contribution in [0.25, 0.3) is 82.1 Å². The Morgan fingerprint density at radius 2 is 1.10 bits per heavy atom. The Hall–Kier alpha value is -7.39. The van der Waals surface area contributed by atoms with E-state index in [0.717, 1.165) is 66.5 Å². The molecule has 9 rings (SSSR count). The van der Waals surface area contributed by atoms with Gasteiger partial charge in [-0.3, -0.25) is 0 Å². The predicted octanol–water partition coefficient (Wildman–Crippen LogP) is 11.5. The van der Waals surface area contributed by atoms with Crippen molar-refractivity contribution in [1.82, 2.24) is 9.13 Å². The summed E-state index contributed by atoms with van der Waals surface area (Å²) in [5, 5.41) is 24.7. The first-order chi connectivity index (χ1) is 24.7. The third kappa shape index (κ3) is 4.31. The molecule has 0 aliphatic rings. The van der Waals surface area contributed by atoms with Gasteiger partial charge >= 0.3 is 0 Å². The number of benzene rings is 7. The maximum absolute atomic E-state index is 10.6. The molecule has 50 heavy (non-hydrogen) atoms. The third-order valence-corrected chi connectivity index (χ3v) is 9.59. The van der Waals surface area contributed by atoms with Gasteiger partial charge in [0.1, 0.15) is 0 Å². The summed E-state index contributed by atoms with van der Waals surface area (Å²) < 4.78 is 4.43. The van der Waals surface area contributed by atoms with E-state index in [4.69, 9.17) is 6.57 Å². The summed E-state index contributed by atoms with van der Waals surface area (Å²) in [6.45, 7) is 7.94. The van der Waals surface area contributed by atoms with Gasteiger partial charge in [-0.1, -0.05) is 91.0 Å². The molecule has 9 aromatic rings. The molecule has 5 heteroatoms. The number of nitrogens with zero attached hydrogens (tertiary/aromatic N) is 5. The van der Waals surface area contributed by atoms with Gasteiger partial charge in [-0.25, -0.2) is 4.85 Å². The smallest absolute Gasteiger partial charge is 0.190 e. The molecule has 0 aliphatic carbocycles. The lowest BCUT2D eigenvalue weighted by molar-refractivity contribution is 1.18. The van der Waals surface area contributed by atoms with Crippen molar-refractivity contribution in [3.63, 3.8) is 0 Å². The maximum Gasteiger partial charge on any atom is 0.190 e. The summed E-state index contributed by atoms with van der Waals surface area (Å²) in [5.41, 5.74) is 10.8. The lowest BCUT2D eigenvalue weighted by Crippen LogP contribution is -2.01. The molecule has 2 aromatic heterocycles. The Balaban J connectivity index is 1.32. The molecule has 0 amide bonds.